The number of benzene rings is 1. The summed E-state index contributed by atoms with van der Waals surface area (Å²) < 4.78 is 26.4. The van der Waals surface area contributed by atoms with Gasteiger partial charge in [0.25, 0.3) is 0 Å². The third-order valence-corrected chi connectivity index (χ3v) is 4.04. The molecule has 1 aromatic heterocycles. The SMILES string of the molecule is O=S(=O)(NCc1ncc[nH]1)c1ccc(CCO)cc1. The molecular formula is C12H15N3O3S. The van der Waals surface area contributed by atoms with Crippen molar-refractivity contribution in [2.75, 3.05) is 6.61 Å². The molecule has 3 N–H and O–H groups in total. The van der Waals surface area contributed by atoms with Gasteiger partial charge in [0, 0.05) is 19.0 Å². The van der Waals surface area contributed by atoms with Crippen LogP contribution in [0.4, 0.5) is 0 Å². The Morgan fingerprint density at radius 2 is 2.00 bits per heavy atom. The number of aliphatic hydroxyl groups is 1. The fourth-order valence-electron chi connectivity index (χ4n) is 1.61. The summed E-state index contributed by atoms with van der Waals surface area (Å²) in [6.07, 6.45) is 3.71. The Balaban J connectivity index is 2.06. The van der Waals surface area contributed by atoms with Gasteiger partial charge in [-0.15, -0.1) is 0 Å². The van der Waals surface area contributed by atoms with E-state index in [2.05, 4.69) is 14.7 Å². The summed E-state index contributed by atoms with van der Waals surface area (Å²) in [6.45, 7) is 0.163. The molecule has 0 unspecified atom stereocenters. The van der Waals surface area contributed by atoms with Crippen LogP contribution in [0, 0.1) is 0 Å². The highest BCUT2D eigenvalue weighted by Crippen LogP contribution is 2.11. The molecule has 0 aliphatic rings. The van der Waals surface area contributed by atoms with Crippen LogP contribution in [-0.2, 0) is 23.0 Å². The van der Waals surface area contributed by atoms with Crippen LogP contribution in [0.15, 0.2) is 41.6 Å². The van der Waals surface area contributed by atoms with Crippen LogP contribution in [-0.4, -0.2) is 30.1 Å². The Kier molecular flexibility index (Phi) is 4.31. The number of H-pyrrole nitrogens is 1. The van der Waals surface area contributed by atoms with Crippen LogP contribution in [0.1, 0.15) is 11.4 Å². The first-order valence-electron chi connectivity index (χ1n) is 5.79. The van der Waals surface area contributed by atoms with E-state index in [1.54, 1.807) is 24.5 Å². The molecule has 2 aromatic rings. The van der Waals surface area contributed by atoms with E-state index in [-0.39, 0.29) is 18.0 Å². The maximum absolute atomic E-state index is 12.0. The molecule has 0 amide bonds. The number of aliphatic hydroxyl groups excluding tert-OH is 1. The first-order valence-corrected chi connectivity index (χ1v) is 7.28. The molecule has 0 aliphatic carbocycles. The van der Waals surface area contributed by atoms with Crippen molar-refractivity contribution in [1.82, 2.24) is 14.7 Å². The van der Waals surface area contributed by atoms with Gasteiger partial charge >= 0.3 is 0 Å². The lowest BCUT2D eigenvalue weighted by Crippen LogP contribution is -2.23. The maximum atomic E-state index is 12.0. The molecule has 102 valence electrons. The largest absolute Gasteiger partial charge is 0.396 e. The predicted octanol–water partition coefficient (Wildman–Crippen LogP) is 0.423. The molecule has 0 saturated heterocycles. The van der Waals surface area contributed by atoms with Crippen molar-refractivity contribution >= 4 is 10.0 Å². The second kappa shape index (κ2) is 5.96. The Morgan fingerprint density at radius 3 is 2.58 bits per heavy atom. The summed E-state index contributed by atoms with van der Waals surface area (Å²) in [5, 5.41) is 8.80. The fourth-order valence-corrected chi connectivity index (χ4v) is 2.59. The van der Waals surface area contributed by atoms with Crippen molar-refractivity contribution in [3.63, 3.8) is 0 Å². The lowest BCUT2D eigenvalue weighted by atomic mass is 10.2. The van der Waals surface area contributed by atoms with Crippen LogP contribution in [0.5, 0.6) is 0 Å². The topological polar surface area (TPSA) is 95.1 Å². The van der Waals surface area contributed by atoms with Gasteiger partial charge in [0.2, 0.25) is 10.0 Å². The molecule has 0 aliphatic heterocycles. The number of nitrogens with one attached hydrogen (secondary N) is 2. The van der Waals surface area contributed by atoms with Gasteiger partial charge in [-0.25, -0.2) is 18.1 Å². The van der Waals surface area contributed by atoms with E-state index in [4.69, 9.17) is 5.11 Å². The van der Waals surface area contributed by atoms with Crippen LogP contribution in [0.25, 0.3) is 0 Å². The van der Waals surface area contributed by atoms with Crippen molar-refractivity contribution in [3.05, 3.63) is 48.0 Å². The van der Waals surface area contributed by atoms with E-state index in [1.807, 2.05) is 0 Å². The minimum atomic E-state index is -3.54. The minimum Gasteiger partial charge on any atom is -0.396 e. The number of nitrogens with zero attached hydrogens (tertiary/aromatic N) is 1. The third-order valence-electron chi connectivity index (χ3n) is 2.62. The number of hydrogen-bond donors (Lipinski definition) is 3. The van der Waals surface area contributed by atoms with Gasteiger partial charge in [-0.05, 0) is 24.1 Å². The Hall–Kier alpha value is -1.70. The van der Waals surface area contributed by atoms with E-state index in [0.29, 0.717) is 12.2 Å². The highest BCUT2D eigenvalue weighted by Gasteiger charge is 2.13. The van der Waals surface area contributed by atoms with Gasteiger partial charge < -0.3 is 10.1 Å². The van der Waals surface area contributed by atoms with E-state index < -0.39 is 10.0 Å². The molecule has 0 bridgehead atoms. The first kappa shape index (κ1) is 13.7. The molecule has 0 fully saturated rings. The van der Waals surface area contributed by atoms with Gasteiger partial charge in [-0.3, -0.25) is 0 Å². The smallest absolute Gasteiger partial charge is 0.240 e. The Morgan fingerprint density at radius 1 is 1.26 bits per heavy atom. The lowest BCUT2D eigenvalue weighted by molar-refractivity contribution is 0.299. The fraction of sp³-hybridized carbons (Fsp3) is 0.250. The molecule has 1 heterocycles. The van der Waals surface area contributed by atoms with Crippen LogP contribution >= 0.6 is 0 Å². The zero-order chi connectivity index (χ0) is 13.7. The third kappa shape index (κ3) is 3.63. The van der Waals surface area contributed by atoms with Gasteiger partial charge in [0.05, 0.1) is 11.4 Å². The predicted molar refractivity (Wildman–Crippen MR) is 69.8 cm³/mol. The van der Waals surface area contributed by atoms with Crippen molar-refractivity contribution < 1.29 is 13.5 Å². The zero-order valence-corrected chi connectivity index (χ0v) is 11.0. The van der Waals surface area contributed by atoms with Gasteiger partial charge in [-0.1, -0.05) is 12.1 Å². The minimum absolute atomic E-state index is 0.0445. The monoisotopic (exact) mass is 281 g/mol. The normalized spacial score (nSPS) is 11.6. The molecule has 6 nitrogen and oxygen atoms in total. The summed E-state index contributed by atoms with van der Waals surface area (Å²) in [4.78, 5) is 6.96. The van der Waals surface area contributed by atoms with Crippen molar-refractivity contribution in [2.45, 2.75) is 17.9 Å². The number of aromatic amines is 1. The van der Waals surface area contributed by atoms with E-state index in [0.717, 1.165) is 5.56 Å². The van der Waals surface area contributed by atoms with Gasteiger partial charge in [0.1, 0.15) is 5.82 Å². The average Bonchev–Trinajstić information content (AvgIpc) is 2.91. The van der Waals surface area contributed by atoms with Crippen molar-refractivity contribution in [1.29, 1.82) is 0 Å². The molecule has 0 spiro atoms. The van der Waals surface area contributed by atoms with E-state index in [1.165, 1.54) is 12.1 Å². The summed E-state index contributed by atoms with van der Waals surface area (Å²) >= 11 is 0. The molecule has 0 radical (unpaired) electrons. The Bertz CT molecular complexity index is 606. The number of hydrogen-bond acceptors (Lipinski definition) is 4. The first-order chi connectivity index (χ1) is 9.12. The molecule has 19 heavy (non-hydrogen) atoms. The van der Waals surface area contributed by atoms with Crippen LogP contribution < -0.4 is 4.72 Å². The molecular weight excluding hydrogens is 266 g/mol. The summed E-state index contributed by atoms with van der Waals surface area (Å²) in [7, 11) is -3.54. The number of rotatable bonds is 6. The lowest BCUT2D eigenvalue weighted by Gasteiger charge is -2.06. The maximum Gasteiger partial charge on any atom is 0.240 e. The molecule has 1 aromatic carbocycles. The molecule has 7 heteroatoms. The summed E-state index contributed by atoms with van der Waals surface area (Å²) in [5.74, 6) is 0.556. The van der Waals surface area contributed by atoms with Crippen molar-refractivity contribution in [2.24, 2.45) is 0 Å². The molecule has 0 atom stereocenters. The second-order valence-electron chi connectivity index (χ2n) is 3.98. The van der Waals surface area contributed by atoms with Crippen molar-refractivity contribution in [3.8, 4) is 0 Å². The zero-order valence-electron chi connectivity index (χ0n) is 10.2. The van der Waals surface area contributed by atoms with Gasteiger partial charge in [0.15, 0.2) is 0 Å². The van der Waals surface area contributed by atoms with E-state index >= 15 is 0 Å². The summed E-state index contributed by atoms with van der Waals surface area (Å²) in [6, 6.07) is 6.43. The second-order valence-corrected chi connectivity index (χ2v) is 5.74. The number of imidazole rings is 1. The van der Waals surface area contributed by atoms with Gasteiger partial charge in [-0.2, -0.15) is 0 Å². The van der Waals surface area contributed by atoms with Crippen LogP contribution in [0.3, 0.4) is 0 Å². The highest BCUT2D eigenvalue weighted by molar-refractivity contribution is 7.89. The Labute approximate surface area is 111 Å². The quantitative estimate of drug-likeness (QED) is 0.715. The number of sulfonamides is 1. The van der Waals surface area contributed by atoms with Crippen LogP contribution in [0.2, 0.25) is 0 Å². The molecule has 0 saturated carbocycles. The standard InChI is InChI=1S/C12H15N3O3S/c16-8-5-10-1-3-11(4-2-10)19(17,18)15-9-12-13-6-7-14-12/h1-4,6-7,15-16H,5,8-9H2,(H,13,14). The highest BCUT2D eigenvalue weighted by atomic mass is 32.2. The van der Waals surface area contributed by atoms with E-state index in [9.17, 15) is 8.42 Å². The molecule has 2 rings (SSSR count). The summed E-state index contributed by atoms with van der Waals surface area (Å²) in [5.41, 5.74) is 0.896. The average molecular weight is 281 g/mol. The number of aromatic nitrogens is 2.